The third-order valence-electron chi connectivity index (χ3n) is 3.86. The molecule has 1 aromatic heterocycles. The van der Waals surface area contributed by atoms with Crippen LogP contribution in [0.15, 0.2) is 18.3 Å². The zero-order valence-corrected chi connectivity index (χ0v) is 12.4. The topological polar surface area (TPSA) is 28.2 Å². The lowest BCUT2D eigenvalue weighted by Crippen LogP contribution is -2.30. The third-order valence-corrected chi connectivity index (χ3v) is 3.86. The monoisotopic (exact) mass is 261 g/mol. The van der Waals surface area contributed by atoms with Crippen molar-refractivity contribution in [2.45, 2.75) is 46.0 Å². The molecular formula is C16H27N3. The summed E-state index contributed by atoms with van der Waals surface area (Å²) in [7, 11) is 0. The third kappa shape index (κ3) is 4.41. The molecule has 1 N–H and O–H groups in total. The van der Waals surface area contributed by atoms with Crippen molar-refractivity contribution in [1.29, 1.82) is 0 Å². The lowest BCUT2D eigenvalue weighted by Gasteiger charge is -2.27. The molecule has 0 bridgehead atoms. The fourth-order valence-corrected chi connectivity index (χ4v) is 2.69. The maximum Gasteiger partial charge on any atom is 0.128 e. The smallest absolute Gasteiger partial charge is 0.128 e. The van der Waals surface area contributed by atoms with E-state index in [1.165, 1.54) is 32.1 Å². The van der Waals surface area contributed by atoms with Crippen LogP contribution in [0.4, 0.5) is 11.5 Å². The van der Waals surface area contributed by atoms with E-state index < -0.39 is 0 Å². The fourth-order valence-electron chi connectivity index (χ4n) is 2.69. The highest BCUT2D eigenvalue weighted by molar-refractivity contribution is 5.48. The number of nitrogens with one attached hydrogen (secondary N) is 1. The summed E-state index contributed by atoms with van der Waals surface area (Å²) in [4.78, 5) is 6.99. The van der Waals surface area contributed by atoms with E-state index in [9.17, 15) is 0 Å². The SMILES string of the molecule is CCCC(C)CNc1ccc(N2CCCCC2)nc1. The molecular weight excluding hydrogens is 234 g/mol. The Hall–Kier alpha value is -1.25. The zero-order valence-electron chi connectivity index (χ0n) is 12.4. The maximum absolute atomic E-state index is 4.59. The molecule has 0 spiro atoms. The lowest BCUT2D eigenvalue weighted by molar-refractivity contribution is 0.550. The van der Waals surface area contributed by atoms with Gasteiger partial charge >= 0.3 is 0 Å². The van der Waals surface area contributed by atoms with E-state index in [0.29, 0.717) is 0 Å². The van der Waals surface area contributed by atoms with Crippen molar-refractivity contribution in [2.75, 3.05) is 29.9 Å². The summed E-state index contributed by atoms with van der Waals surface area (Å²) in [6, 6.07) is 4.31. The molecule has 0 saturated carbocycles. The molecule has 106 valence electrons. The number of piperidine rings is 1. The summed E-state index contributed by atoms with van der Waals surface area (Å²) in [5.74, 6) is 1.86. The molecule has 1 unspecified atom stereocenters. The molecule has 1 atom stereocenters. The van der Waals surface area contributed by atoms with Crippen LogP contribution in [-0.4, -0.2) is 24.6 Å². The molecule has 1 fully saturated rings. The van der Waals surface area contributed by atoms with Crippen LogP contribution in [0.3, 0.4) is 0 Å². The largest absolute Gasteiger partial charge is 0.384 e. The summed E-state index contributed by atoms with van der Waals surface area (Å²) in [5.41, 5.74) is 1.14. The number of pyridine rings is 1. The van der Waals surface area contributed by atoms with Gasteiger partial charge in [0.1, 0.15) is 5.82 Å². The first kappa shape index (κ1) is 14.2. The standard InChI is InChI=1S/C16H27N3/c1-3-7-14(2)12-17-15-8-9-16(18-13-15)19-10-5-4-6-11-19/h8-9,13-14,17H,3-7,10-12H2,1-2H3. The molecule has 2 rings (SSSR count). The number of anilines is 2. The van der Waals surface area contributed by atoms with Gasteiger partial charge in [-0.1, -0.05) is 20.3 Å². The Kier molecular flexibility index (Phi) is 5.49. The molecule has 1 aliphatic rings. The van der Waals surface area contributed by atoms with Gasteiger partial charge < -0.3 is 10.2 Å². The first-order valence-electron chi connectivity index (χ1n) is 7.74. The van der Waals surface area contributed by atoms with Gasteiger partial charge in [-0.3, -0.25) is 0 Å². The van der Waals surface area contributed by atoms with Gasteiger partial charge in [-0.05, 0) is 43.7 Å². The highest BCUT2D eigenvalue weighted by Gasteiger charge is 2.11. The van der Waals surface area contributed by atoms with E-state index in [1.54, 1.807) is 0 Å². The number of hydrogen-bond acceptors (Lipinski definition) is 3. The van der Waals surface area contributed by atoms with E-state index in [1.807, 2.05) is 6.20 Å². The van der Waals surface area contributed by atoms with Crippen molar-refractivity contribution >= 4 is 11.5 Å². The predicted octanol–water partition coefficient (Wildman–Crippen LogP) is 3.92. The van der Waals surface area contributed by atoms with Crippen LogP contribution in [0, 0.1) is 5.92 Å². The Labute approximate surface area is 117 Å². The first-order chi connectivity index (χ1) is 9.29. The number of rotatable bonds is 6. The maximum atomic E-state index is 4.59. The van der Waals surface area contributed by atoms with E-state index in [2.05, 4.69) is 41.2 Å². The minimum atomic E-state index is 0.728. The summed E-state index contributed by atoms with van der Waals surface area (Å²) in [5, 5.41) is 3.48. The molecule has 1 saturated heterocycles. The average molecular weight is 261 g/mol. The number of aromatic nitrogens is 1. The molecule has 0 amide bonds. The van der Waals surface area contributed by atoms with Gasteiger partial charge in [-0.15, -0.1) is 0 Å². The van der Waals surface area contributed by atoms with Gasteiger partial charge in [-0.25, -0.2) is 4.98 Å². The van der Waals surface area contributed by atoms with Crippen LogP contribution in [0.1, 0.15) is 46.0 Å². The van der Waals surface area contributed by atoms with E-state index in [0.717, 1.165) is 37.1 Å². The Morgan fingerprint density at radius 3 is 2.68 bits per heavy atom. The van der Waals surface area contributed by atoms with E-state index in [-0.39, 0.29) is 0 Å². The molecule has 3 heteroatoms. The molecule has 0 aliphatic carbocycles. The molecule has 2 heterocycles. The van der Waals surface area contributed by atoms with Crippen molar-refractivity contribution < 1.29 is 0 Å². The highest BCUT2D eigenvalue weighted by atomic mass is 15.2. The molecule has 3 nitrogen and oxygen atoms in total. The van der Waals surface area contributed by atoms with Crippen LogP contribution >= 0.6 is 0 Å². The van der Waals surface area contributed by atoms with Gasteiger partial charge in [0.2, 0.25) is 0 Å². The van der Waals surface area contributed by atoms with Gasteiger partial charge in [-0.2, -0.15) is 0 Å². The molecule has 0 radical (unpaired) electrons. The molecule has 19 heavy (non-hydrogen) atoms. The predicted molar refractivity (Wildman–Crippen MR) is 82.9 cm³/mol. The minimum Gasteiger partial charge on any atom is -0.384 e. The number of nitrogens with zero attached hydrogens (tertiary/aromatic N) is 2. The van der Waals surface area contributed by atoms with Gasteiger partial charge in [0.05, 0.1) is 11.9 Å². The quantitative estimate of drug-likeness (QED) is 0.841. The second kappa shape index (κ2) is 7.37. The second-order valence-electron chi connectivity index (χ2n) is 5.73. The van der Waals surface area contributed by atoms with Gasteiger partial charge in [0.25, 0.3) is 0 Å². The first-order valence-corrected chi connectivity index (χ1v) is 7.74. The van der Waals surface area contributed by atoms with Crippen molar-refractivity contribution in [3.63, 3.8) is 0 Å². The van der Waals surface area contributed by atoms with Crippen LogP contribution in [-0.2, 0) is 0 Å². The molecule has 0 aromatic carbocycles. The normalized spacial score (nSPS) is 17.3. The molecule has 1 aliphatic heterocycles. The lowest BCUT2D eigenvalue weighted by atomic mass is 10.1. The van der Waals surface area contributed by atoms with Crippen LogP contribution in [0.2, 0.25) is 0 Å². The Morgan fingerprint density at radius 2 is 2.05 bits per heavy atom. The van der Waals surface area contributed by atoms with Crippen molar-refractivity contribution in [1.82, 2.24) is 4.98 Å². The Bertz CT molecular complexity index is 355. The fraction of sp³-hybridized carbons (Fsp3) is 0.688. The van der Waals surface area contributed by atoms with Crippen molar-refractivity contribution in [3.8, 4) is 0 Å². The van der Waals surface area contributed by atoms with Crippen molar-refractivity contribution in [3.05, 3.63) is 18.3 Å². The van der Waals surface area contributed by atoms with E-state index >= 15 is 0 Å². The minimum absolute atomic E-state index is 0.728. The van der Waals surface area contributed by atoms with Crippen LogP contribution < -0.4 is 10.2 Å². The number of hydrogen-bond donors (Lipinski definition) is 1. The van der Waals surface area contributed by atoms with Crippen LogP contribution in [0.25, 0.3) is 0 Å². The second-order valence-corrected chi connectivity index (χ2v) is 5.73. The van der Waals surface area contributed by atoms with Crippen LogP contribution in [0.5, 0.6) is 0 Å². The molecule has 1 aromatic rings. The van der Waals surface area contributed by atoms with Crippen molar-refractivity contribution in [2.24, 2.45) is 5.92 Å². The summed E-state index contributed by atoms with van der Waals surface area (Å²) < 4.78 is 0. The Morgan fingerprint density at radius 1 is 1.26 bits per heavy atom. The van der Waals surface area contributed by atoms with E-state index in [4.69, 9.17) is 0 Å². The highest BCUT2D eigenvalue weighted by Crippen LogP contribution is 2.19. The van der Waals surface area contributed by atoms with Gasteiger partial charge in [0.15, 0.2) is 0 Å². The summed E-state index contributed by atoms with van der Waals surface area (Å²) in [6.45, 7) is 7.90. The van der Waals surface area contributed by atoms with Gasteiger partial charge in [0, 0.05) is 19.6 Å². The zero-order chi connectivity index (χ0) is 13.5. The Balaban J connectivity index is 1.83. The summed E-state index contributed by atoms with van der Waals surface area (Å²) in [6.07, 6.45) is 8.49. The summed E-state index contributed by atoms with van der Waals surface area (Å²) >= 11 is 0. The average Bonchev–Trinajstić information content (AvgIpc) is 2.47.